The Balaban J connectivity index is 1.97. The van der Waals surface area contributed by atoms with E-state index in [1.807, 2.05) is 31.2 Å². The molecule has 1 aromatic carbocycles. The van der Waals surface area contributed by atoms with Crippen LogP contribution in [0.2, 0.25) is 0 Å². The summed E-state index contributed by atoms with van der Waals surface area (Å²) in [5, 5.41) is 12.5. The number of ether oxygens (including phenoxy) is 1. The van der Waals surface area contributed by atoms with Crippen molar-refractivity contribution in [2.45, 2.75) is 20.3 Å². The Morgan fingerprint density at radius 1 is 1.23 bits per heavy atom. The van der Waals surface area contributed by atoms with Crippen molar-refractivity contribution in [2.24, 2.45) is 0 Å². The topological polar surface area (TPSA) is 69.4 Å². The normalized spacial score (nSPS) is 10.9. The summed E-state index contributed by atoms with van der Waals surface area (Å²) < 4.78 is 6.82. The molecule has 0 aliphatic carbocycles. The first-order valence-corrected chi connectivity index (χ1v) is 6.94. The molecule has 2 aromatic heterocycles. The van der Waals surface area contributed by atoms with Gasteiger partial charge in [0.1, 0.15) is 11.4 Å². The van der Waals surface area contributed by atoms with Gasteiger partial charge in [0.05, 0.1) is 19.0 Å². The molecule has 0 radical (unpaired) electrons. The number of aryl methyl sites for hydroxylation is 1. The first kappa shape index (κ1) is 14.2. The first-order chi connectivity index (χ1) is 10.6. The van der Waals surface area contributed by atoms with Gasteiger partial charge >= 0.3 is 0 Å². The van der Waals surface area contributed by atoms with Gasteiger partial charge in [-0.25, -0.2) is 4.52 Å². The average molecular weight is 296 g/mol. The molecule has 0 unspecified atom stereocenters. The van der Waals surface area contributed by atoms with Crippen LogP contribution in [-0.4, -0.2) is 32.7 Å². The molecule has 0 fully saturated rings. The summed E-state index contributed by atoms with van der Waals surface area (Å²) in [4.78, 5) is 11.5. The van der Waals surface area contributed by atoms with Crippen LogP contribution in [0.5, 0.6) is 5.75 Å². The summed E-state index contributed by atoms with van der Waals surface area (Å²) in [6, 6.07) is 7.86. The zero-order valence-corrected chi connectivity index (χ0v) is 12.7. The monoisotopic (exact) mass is 296 g/mol. The quantitative estimate of drug-likeness (QED) is 0.691. The van der Waals surface area contributed by atoms with Crippen molar-refractivity contribution in [1.82, 2.24) is 19.8 Å². The minimum atomic E-state index is -0.112. The number of methoxy groups -OCH3 is 1. The van der Waals surface area contributed by atoms with Crippen LogP contribution in [0.4, 0.5) is 0 Å². The highest BCUT2D eigenvalue weighted by atomic mass is 16.5. The number of hydrogen-bond donors (Lipinski definition) is 0. The number of rotatable bonds is 4. The number of nitrogens with zero attached hydrogens (tertiary/aromatic N) is 4. The van der Waals surface area contributed by atoms with Crippen LogP contribution < -0.4 is 4.74 Å². The number of benzene rings is 1. The molecule has 0 aliphatic heterocycles. The fourth-order valence-corrected chi connectivity index (χ4v) is 2.41. The number of Topliss-reactive ketones (excluding diaryl/α,β-unsaturated/α-hetero) is 1. The maximum atomic E-state index is 11.5. The van der Waals surface area contributed by atoms with E-state index in [4.69, 9.17) is 4.74 Å². The highest BCUT2D eigenvalue weighted by Gasteiger charge is 2.14. The lowest BCUT2D eigenvalue weighted by Crippen LogP contribution is -2.09. The van der Waals surface area contributed by atoms with Gasteiger partial charge in [0.15, 0.2) is 11.4 Å². The maximum absolute atomic E-state index is 11.5. The third-order valence-electron chi connectivity index (χ3n) is 3.61. The van der Waals surface area contributed by atoms with Crippen LogP contribution in [-0.2, 0) is 6.42 Å². The summed E-state index contributed by atoms with van der Waals surface area (Å²) in [6.45, 7) is 3.30. The Kier molecular flexibility index (Phi) is 3.58. The summed E-state index contributed by atoms with van der Waals surface area (Å²) in [7, 11) is 1.64. The number of hydrogen-bond acceptors (Lipinski definition) is 5. The fourth-order valence-electron chi connectivity index (χ4n) is 2.41. The first-order valence-electron chi connectivity index (χ1n) is 6.94. The molecule has 0 aliphatic rings. The highest BCUT2D eigenvalue weighted by Crippen LogP contribution is 2.18. The molecule has 22 heavy (non-hydrogen) atoms. The van der Waals surface area contributed by atoms with Crippen LogP contribution in [0.25, 0.3) is 5.65 Å². The molecule has 6 heteroatoms. The van der Waals surface area contributed by atoms with E-state index in [9.17, 15) is 4.79 Å². The van der Waals surface area contributed by atoms with Crippen LogP contribution in [0.15, 0.2) is 30.5 Å². The molecule has 0 spiro atoms. The number of ketones is 1. The molecular weight excluding hydrogens is 280 g/mol. The Morgan fingerprint density at radius 3 is 2.59 bits per heavy atom. The molecule has 3 aromatic rings. The van der Waals surface area contributed by atoms with Gasteiger partial charge in [-0.1, -0.05) is 12.1 Å². The highest BCUT2D eigenvalue weighted by molar-refractivity contribution is 5.93. The minimum absolute atomic E-state index is 0.112. The summed E-state index contributed by atoms with van der Waals surface area (Å²) in [5.74, 6) is 0.712. The van der Waals surface area contributed by atoms with E-state index < -0.39 is 0 Å². The molecule has 0 N–H and O–H groups in total. The summed E-state index contributed by atoms with van der Waals surface area (Å²) >= 11 is 0. The number of fused-ring (bicyclic) bond motifs is 1. The lowest BCUT2D eigenvalue weighted by Gasteiger charge is -2.04. The molecule has 0 atom stereocenters. The van der Waals surface area contributed by atoms with Gasteiger partial charge in [-0.2, -0.15) is 5.10 Å². The second-order valence-corrected chi connectivity index (χ2v) is 5.12. The lowest BCUT2D eigenvalue weighted by molar-refractivity contribution is 0.101. The van der Waals surface area contributed by atoms with E-state index in [2.05, 4.69) is 15.3 Å². The van der Waals surface area contributed by atoms with Gasteiger partial charge in [0, 0.05) is 18.9 Å². The van der Waals surface area contributed by atoms with Crippen molar-refractivity contribution < 1.29 is 9.53 Å². The predicted molar refractivity (Wildman–Crippen MR) is 81.3 cm³/mol. The second kappa shape index (κ2) is 5.55. The van der Waals surface area contributed by atoms with Crippen molar-refractivity contribution in [3.63, 3.8) is 0 Å². The van der Waals surface area contributed by atoms with Gasteiger partial charge in [-0.3, -0.25) is 4.79 Å². The zero-order chi connectivity index (χ0) is 15.7. The predicted octanol–water partition coefficient (Wildman–Crippen LogP) is 2.23. The number of aromatic nitrogens is 4. The lowest BCUT2D eigenvalue weighted by atomic mass is 10.1. The van der Waals surface area contributed by atoms with Crippen molar-refractivity contribution in [3.05, 3.63) is 53.0 Å². The Bertz CT molecular complexity index is 837. The zero-order valence-electron chi connectivity index (χ0n) is 12.7. The van der Waals surface area contributed by atoms with Gasteiger partial charge in [0.2, 0.25) is 0 Å². The molecule has 0 bridgehead atoms. The SMILES string of the molecule is COc1ccc(Cc2cnn3c(C)c(C(C)=O)nnc23)cc1. The minimum Gasteiger partial charge on any atom is -0.497 e. The van der Waals surface area contributed by atoms with Crippen molar-refractivity contribution in [1.29, 1.82) is 0 Å². The molecule has 6 nitrogen and oxygen atoms in total. The Morgan fingerprint density at radius 2 is 1.95 bits per heavy atom. The van der Waals surface area contributed by atoms with E-state index in [1.54, 1.807) is 17.8 Å². The van der Waals surface area contributed by atoms with E-state index in [0.717, 1.165) is 16.9 Å². The third-order valence-corrected chi connectivity index (χ3v) is 3.61. The van der Waals surface area contributed by atoms with E-state index in [-0.39, 0.29) is 5.78 Å². The standard InChI is InChI=1S/C16H16N4O2/c1-10-15(11(2)21)18-19-16-13(9-17-20(10)16)8-12-4-6-14(22-3)7-5-12/h4-7,9H,8H2,1-3H3. The van der Waals surface area contributed by atoms with Crippen molar-refractivity contribution >= 4 is 11.4 Å². The molecular formula is C16H16N4O2. The van der Waals surface area contributed by atoms with Gasteiger partial charge < -0.3 is 4.74 Å². The summed E-state index contributed by atoms with van der Waals surface area (Å²) in [6.07, 6.45) is 2.46. The Labute approximate surface area is 127 Å². The smallest absolute Gasteiger partial charge is 0.181 e. The summed E-state index contributed by atoms with van der Waals surface area (Å²) in [5.41, 5.74) is 3.84. The fraction of sp³-hybridized carbons (Fsp3) is 0.250. The van der Waals surface area contributed by atoms with Crippen molar-refractivity contribution in [2.75, 3.05) is 7.11 Å². The molecule has 0 amide bonds. The average Bonchev–Trinajstić information content (AvgIpc) is 2.92. The Hall–Kier alpha value is -2.76. The third kappa shape index (κ3) is 2.43. The molecule has 0 saturated heterocycles. The maximum Gasteiger partial charge on any atom is 0.181 e. The molecule has 2 heterocycles. The van der Waals surface area contributed by atoms with Gasteiger partial charge in [0.25, 0.3) is 0 Å². The molecule has 112 valence electrons. The van der Waals surface area contributed by atoms with Gasteiger partial charge in [-0.05, 0) is 24.6 Å². The molecule has 3 rings (SSSR count). The number of carbonyl (C=O) groups excluding carboxylic acids is 1. The van der Waals surface area contributed by atoms with Crippen LogP contribution in [0.1, 0.15) is 34.2 Å². The van der Waals surface area contributed by atoms with Crippen LogP contribution in [0, 0.1) is 6.92 Å². The van der Waals surface area contributed by atoms with Crippen molar-refractivity contribution in [3.8, 4) is 5.75 Å². The number of carbonyl (C=O) groups is 1. The molecule has 0 saturated carbocycles. The second-order valence-electron chi connectivity index (χ2n) is 5.12. The van der Waals surface area contributed by atoms with Crippen LogP contribution >= 0.6 is 0 Å². The van der Waals surface area contributed by atoms with E-state index in [0.29, 0.717) is 23.5 Å². The van der Waals surface area contributed by atoms with E-state index in [1.165, 1.54) is 6.92 Å². The van der Waals surface area contributed by atoms with Gasteiger partial charge in [-0.15, -0.1) is 10.2 Å². The van der Waals surface area contributed by atoms with E-state index >= 15 is 0 Å². The van der Waals surface area contributed by atoms with Crippen LogP contribution in [0.3, 0.4) is 0 Å². The largest absolute Gasteiger partial charge is 0.497 e.